The zero-order chi connectivity index (χ0) is 19.8. The molecular weight excluding hydrogens is 378 g/mol. The molecule has 4 aliphatic rings. The van der Waals surface area contributed by atoms with Gasteiger partial charge in [0.2, 0.25) is 18.6 Å². The Hall–Kier alpha value is -3.33. The summed E-state index contributed by atoms with van der Waals surface area (Å²) < 4.78 is 21.9. The minimum Gasteiger partial charge on any atom is -0.454 e. The van der Waals surface area contributed by atoms with Gasteiger partial charge in [0.25, 0.3) is 0 Å². The van der Waals surface area contributed by atoms with E-state index in [1.165, 1.54) is 4.90 Å². The molecule has 2 saturated heterocycles. The molecule has 2 aromatic rings. The fourth-order valence-electron chi connectivity index (χ4n) is 4.67. The SMILES string of the molecule is Cc1cc(N2CC34C=CC(O3)C(C(=O)Nc3ccc5c(c3)OCO5)C4C2=O)no1. The molecule has 1 spiro atoms. The zero-order valence-corrected chi connectivity index (χ0v) is 15.5. The Morgan fingerprint density at radius 1 is 1.28 bits per heavy atom. The van der Waals surface area contributed by atoms with Crippen LogP contribution in [-0.4, -0.2) is 42.0 Å². The van der Waals surface area contributed by atoms with Crippen LogP contribution in [0.15, 0.2) is 40.9 Å². The number of carbonyl (C=O) groups is 2. The molecule has 2 bridgehead atoms. The van der Waals surface area contributed by atoms with Crippen molar-refractivity contribution in [3.63, 3.8) is 0 Å². The number of rotatable bonds is 3. The number of anilines is 2. The van der Waals surface area contributed by atoms with Crippen molar-refractivity contribution in [1.82, 2.24) is 5.16 Å². The summed E-state index contributed by atoms with van der Waals surface area (Å²) in [4.78, 5) is 27.9. The lowest BCUT2D eigenvalue weighted by Crippen LogP contribution is -2.41. The topological polar surface area (TPSA) is 103 Å². The summed E-state index contributed by atoms with van der Waals surface area (Å²) in [5.41, 5.74) is -0.236. The maximum atomic E-state index is 13.2. The highest BCUT2D eigenvalue weighted by Crippen LogP contribution is 2.52. The first-order valence-corrected chi connectivity index (χ1v) is 9.36. The molecule has 0 aliphatic carbocycles. The number of hydrogen-bond donors (Lipinski definition) is 1. The molecule has 29 heavy (non-hydrogen) atoms. The first kappa shape index (κ1) is 16.6. The van der Waals surface area contributed by atoms with E-state index in [1.54, 1.807) is 31.2 Å². The molecular formula is C20H17N3O6. The first-order chi connectivity index (χ1) is 14.0. The monoisotopic (exact) mass is 395 g/mol. The predicted molar refractivity (Wildman–Crippen MR) is 98.5 cm³/mol. The third-order valence-electron chi connectivity index (χ3n) is 5.94. The summed E-state index contributed by atoms with van der Waals surface area (Å²) in [6, 6.07) is 6.90. The van der Waals surface area contributed by atoms with Crippen LogP contribution in [0.3, 0.4) is 0 Å². The molecule has 9 heteroatoms. The van der Waals surface area contributed by atoms with Gasteiger partial charge in [-0.3, -0.25) is 14.5 Å². The Labute approximate surface area is 165 Å². The summed E-state index contributed by atoms with van der Waals surface area (Å²) in [6.45, 7) is 2.23. The van der Waals surface area contributed by atoms with Gasteiger partial charge in [0.15, 0.2) is 17.3 Å². The highest BCUT2D eigenvalue weighted by atomic mass is 16.7. The quantitative estimate of drug-likeness (QED) is 0.788. The fourth-order valence-corrected chi connectivity index (χ4v) is 4.67. The van der Waals surface area contributed by atoms with E-state index in [0.717, 1.165) is 0 Å². The zero-order valence-electron chi connectivity index (χ0n) is 15.5. The molecule has 4 atom stereocenters. The van der Waals surface area contributed by atoms with Crippen molar-refractivity contribution in [3.05, 3.63) is 42.2 Å². The lowest BCUT2D eigenvalue weighted by Gasteiger charge is -2.23. The van der Waals surface area contributed by atoms with Gasteiger partial charge in [-0.05, 0) is 19.1 Å². The largest absolute Gasteiger partial charge is 0.454 e. The molecule has 148 valence electrons. The third kappa shape index (κ3) is 2.27. The molecule has 5 heterocycles. The molecule has 0 saturated carbocycles. The number of carbonyl (C=O) groups excluding carboxylic acids is 2. The molecule has 2 amide bonds. The van der Waals surface area contributed by atoms with Crippen LogP contribution >= 0.6 is 0 Å². The maximum absolute atomic E-state index is 13.2. The smallest absolute Gasteiger partial charge is 0.235 e. The van der Waals surface area contributed by atoms with Crippen molar-refractivity contribution < 1.29 is 28.3 Å². The highest BCUT2D eigenvalue weighted by molar-refractivity contribution is 6.05. The van der Waals surface area contributed by atoms with Crippen LogP contribution in [0.25, 0.3) is 0 Å². The second-order valence-corrected chi connectivity index (χ2v) is 7.68. The van der Waals surface area contributed by atoms with Crippen molar-refractivity contribution in [2.24, 2.45) is 11.8 Å². The summed E-state index contributed by atoms with van der Waals surface area (Å²) in [7, 11) is 0. The summed E-state index contributed by atoms with van der Waals surface area (Å²) >= 11 is 0. The number of nitrogens with one attached hydrogen (secondary N) is 1. The van der Waals surface area contributed by atoms with Gasteiger partial charge in [-0.1, -0.05) is 17.3 Å². The normalized spacial score (nSPS) is 30.9. The lowest BCUT2D eigenvalue weighted by molar-refractivity contribution is -0.128. The summed E-state index contributed by atoms with van der Waals surface area (Å²) in [6.07, 6.45) is 3.34. The summed E-state index contributed by atoms with van der Waals surface area (Å²) in [5.74, 6) is 0.574. The number of benzene rings is 1. The van der Waals surface area contributed by atoms with Crippen molar-refractivity contribution in [2.75, 3.05) is 23.6 Å². The second-order valence-electron chi connectivity index (χ2n) is 7.68. The average molecular weight is 395 g/mol. The van der Waals surface area contributed by atoms with Crippen molar-refractivity contribution in [3.8, 4) is 11.5 Å². The average Bonchev–Trinajstić information content (AvgIpc) is 3.49. The molecule has 6 rings (SSSR count). The van der Waals surface area contributed by atoms with E-state index in [0.29, 0.717) is 35.3 Å². The van der Waals surface area contributed by atoms with Gasteiger partial charge in [0.1, 0.15) is 11.4 Å². The third-order valence-corrected chi connectivity index (χ3v) is 5.94. The Balaban J connectivity index is 1.28. The molecule has 1 N–H and O–H groups in total. The van der Waals surface area contributed by atoms with Crippen molar-refractivity contribution >= 4 is 23.3 Å². The van der Waals surface area contributed by atoms with E-state index in [2.05, 4.69) is 10.5 Å². The van der Waals surface area contributed by atoms with Gasteiger partial charge < -0.3 is 24.1 Å². The molecule has 4 unspecified atom stereocenters. The standard InChI is InChI=1S/C20H17N3O6/c1-10-6-15(22-29-10)23-8-20-5-4-13(28-20)16(17(20)19(23)25)18(24)21-11-2-3-12-14(7-11)27-9-26-12/h2-7,13,16-17H,8-9H2,1H3,(H,21,24). The van der Waals surface area contributed by atoms with E-state index in [4.69, 9.17) is 18.7 Å². The number of aromatic nitrogens is 1. The highest BCUT2D eigenvalue weighted by Gasteiger charge is 2.67. The summed E-state index contributed by atoms with van der Waals surface area (Å²) in [5, 5.41) is 6.84. The number of ether oxygens (including phenoxy) is 3. The molecule has 2 fully saturated rings. The maximum Gasteiger partial charge on any atom is 0.235 e. The number of nitrogens with zero attached hydrogens (tertiary/aromatic N) is 2. The van der Waals surface area contributed by atoms with Crippen LogP contribution in [0, 0.1) is 18.8 Å². The molecule has 4 aliphatic heterocycles. The predicted octanol–water partition coefficient (Wildman–Crippen LogP) is 1.64. The fraction of sp³-hybridized carbons (Fsp3) is 0.350. The van der Waals surface area contributed by atoms with E-state index in [-0.39, 0.29) is 18.6 Å². The molecule has 9 nitrogen and oxygen atoms in total. The lowest BCUT2D eigenvalue weighted by atomic mass is 9.77. The number of amides is 2. The number of fused-ring (bicyclic) bond motifs is 2. The van der Waals surface area contributed by atoms with E-state index < -0.39 is 23.5 Å². The Morgan fingerprint density at radius 2 is 2.14 bits per heavy atom. The van der Waals surface area contributed by atoms with Gasteiger partial charge in [-0.25, -0.2) is 0 Å². The number of aryl methyl sites for hydroxylation is 1. The first-order valence-electron chi connectivity index (χ1n) is 9.36. The Morgan fingerprint density at radius 3 is 2.97 bits per heavy atom. The number of hydrogen-bond acceptors (Lipinski definition) is 7. The Bertz CT molecular complexity index is 1080. The molecule has 0 radical (unpaired) electrons. The van der Waals surface area contributed by atoms with E-state index in [9.17, 15) is 9.59 Å². The van der Waals surface area contributed by atoms with E-state index >= 15 is 0 Å². The van der Waals surface area contributed by atoms with Crippen LogP contribution in [0.5, 0.6) is 11.5 Å². The van der Waals surface area contributed by atoms with Gasteiger partial charge >= 0.3 is 0 Å². The van der Waals surface area contributed by atoms with Gasteiger partial charge in [0.05, 0.1) is 24.5 Å². The second kappa shape index (κ2) is 5.60. The minimum absolute atomic E-state index is 0.159. The van der Waals surface area contributed by atoms with Gasteiger partial charge in [-0.2, -0.15) is 0 Å². The van der Waals surface area contributed by atoms with Crippen LogP contribution in [0.2, 0.25) is 0 Å². The van der Waals surface area contributed by atoms with E-state index in [1.807, 2.05) is 12.2 Å². The Kier molecular flexibility index (Phi) is 3.21. The van der Waals surface area contributed by atoms with Crippen molar-refractivity contribution in [2.45, 2.75) is 18.6 Å². The van der Waals surface area contributed by atoms with Gasteiger partial charge in [0, 0.05) is 17.8 Å². The van der Waals surface area contributed by atoms with Crippen LogP contribution in [-0.2, 0) is 14.3 Å². The minimum atomic E-state index is -0.814. The van der Waals surface area contributed by atoms with Crippen LogP contribution in [0.1, 0.15) is 5.76 Å². The van der Waals surface area contributed by atoms with Crippen LogP contribution in [0.4, 0.5) is 11.5 Å². The van der Waals surface area contributed by atoms with Gasteiger partial charge in [-0.15, -0.1) is 0 Å². The molecule has 1 aromatic heterocycles. The van der Waals surface area contributed by atoms with Crippen molar-refractivity contribution in [1.29, 1.82) is 0 Å². The van der Waals surface area contributed by atoms with Crippen LogP contribution < -0.4 is 19.7 Å². The molecule has 1 aromatic carbocycles.